The molecule has 0 bridgehead atoms. The van der Waals surface area contributed by atoms with Crippen LogP contribution in [0.2, 0.25) is 0 Å². The number of aryl methyl sites for hydroxylation is 2. The van der Waals surface area contributed by atoms with E-state index in [0.717, 1.165) is 11.6 Å². The summed E-state index contributed by atoms with van der Waals surface area (Å²) in [4.78, 5) is 9.92. The Morgan fingerprint density at radius 3 is 2.13 bits per heavy atom. The maximum atomic E-state index is 11.8. The van der Waals surface area contributed by atoms with Gasteiger partial charge < -0.3 is 14.0 Å². The minimum Gasteiger partial charge on any atom is -0.744 e. The molecule has 0 heterocycles. The van der Waals surface area contributed by atoms with Gasteiger partial charge >= 0.3 is 68.9 Å². The number of nitrogens with zero attached hydrogens (tertiary/aromatic N) is 1. The molecule has 0 N–H and O–H groups in total. The van der Waals surface area contributed by atoms with E-state index in [-0.39, 0.29) is 92.7 Å². The number of hydrogen-bond donors (Lipinski definition) is 0. The number of non-ortho nitro benzene ring substituents is 1. The molecule has 3 rings (SSSR count). The second-order valence-corrected chi connectivity index (χ2v) is 7.95. The third-order valence-electron chi connectivity index (χ3n) is 4.30. The van der Waals surface area contributed by atoms with Gasteiger partial charge in [-0.2, -0.15) is 0 Å². The van der Waals surface area contributed by atoms with E-state index in [4.69, 9.17) is 9.47 Å². The van der Waals surface area contributed by atoms with Crippen molar-refractivity contribution in [1.82, 2.24) is 0 Å². The SMILES string of the molecule is Cc1cc([N+](=O)[O-])cc(C)c1Oc1ccc(OCc2ccccc2)c(S(=O)(=O)[O-])c1.[Cs+]. The quantitative estimate of drug-likeness (QED) is 0.244. The van der Waals surface area contributed by atoms with Crippen LogP contribution in [0.5, 0.6) is 17.2 Å². The summed E-state index contributed by atoms with van der Waals surface area (Å²) < 4.78 is 46.6. The van der Waals surface area contributed by atoms with Crippen molar-refractivity contribution in [2.45, 2.75) is 25.3 Å². The fraction of sp³-hybridized carbons (Fsp3) is 0.143. The van der Waals surface area contributed by atoms with Gasteiger partial charge in [0.1, 0.15) is 38.9 Å². The molecule has 0 aliphatic rings. The molecular weight excluding hydrogens is 543 g/mol. The molecule has 0 unspecified atom stereocenters. The average Bonchev–Trinajstić information content (AvgIpc) is 2.69. The van der Waals surface area contributed by atoms with Crippen LogP contribution in [0.25, 0.3) is 0 Å². The van der Waals surface area contributed by atoms with Gasteiger partial charge in [0, 0.05) is 18.2 Å². The zero-order valence-electron chi connectivity index (χ0n) is 17.2. The average molecular weight is 561 g/mol. The van der Waals surface area contributed by atoms with Crippen molar-refractivity contribution in [3.05, 3.63) is 87.5 Å². The maximum Gasteiger partial charge on any atom is 1.00 e. The fourth-order valence-corrected chi connectivity index (χ4v) is 3.55. The predicted molar refractivity (Wildman–Crippen MR) is 108 cm³/mol. The van der Waals surface area contributed by atoms with E-state index in [0.29, 0.717) is 16.9 Å². The Morgan fingerprint density at radius 1 is 0.968 bits per heavy atom. The third-order valence-corrected chi connectivity index (χ3v) is 5.16. The van der Waals surface area contributed by atoms with Gasteiger partial charge in [-0.05, 0) is 42.7 Å². The van der Waals surface area contributed by atoms with Gasteiger partial charge in [-0.1, -0.05) is 30.3 Å². The summed E-state index contributed by atoms with van der Waals surface area (Å²) in [7, 11) is -4.84. The number of nitro benzene ring substituents is 1. The molecule has 0 fully saturated rings. The van der Waals surface area contributed by atoms with Crippen LogP contribution in [0.1, 0.15) is 16.7 Å². The smallest absolute Gasteiger partial charge is 0.744 e. The van der Waals surface area contributed by atoms with Crippen molar-refractivity contribution in [2.75, 3.05) is 0 Å². The number of benzene rings is 3. The zero-order chi connectivity index (χ0) is 21.9. The van der Waals surface area contributed by atoms with Gasteiger partial charge in [0.25, 0.3) is 5.69 Å². The molecule has 156 valence electrons. The summed E-state index contributed by atoms with van der Waals surface area (Å²) >= 11 is 0. The van der Waals surface area contributed by atoms with Gasteiger partial charge in [-0.3, -0.25) is 10.1 Å². The Labute approximate surface area is 238 Å². The molecule has 0 atom stereocenters. The molecule has 0 aromatic heterocycles. The first kappa shape index (κ1) is 25.9. The van der Waals surface area contributed by atoms with Crippen LogP contribution < -0.4 is 78.4 Å². The van der Waals surface area contributed by atoms with E-state index in [1.54, 1.807) is 13.8 Å². The van der Waals surface area contributed by atoms with Crippen molar-refractivity contribution in [1.29, 1.82) is 0 Å². The van der Waals surface area contributed by atoms with Gasteiger partial charge in [-0.15, -0.1) is 0 Å². The summed E-state index contributed by atoms with van der Waals surface area (Å²) in [5.41, 5.74) is 1.73. The largest absolute Gasteiger partial charge is 1.00 e. The van der Waals surface area contributed by atoms with E-state index in [2.05, 4.69) is 0 Å². The van der Waals surface area contributed by atoms with Crippen molar-refractivity contribution in [3.63, 3.8) is 0 Å². The van der Waals surface area contributed by atoms with Crippen LogP contribution in [0.4, 0.5) is 5.69 Å². The van der Waals surface area contributed by atoms with E-state index < -0.39 is 19.9 Å². The maximum absolute atomic E-state index is 11.8. The Balaban J connectivity index is 0.00000341. The molecule has 0 aliphatic heterocycles. The van der Waals surface area contributed by atoms with Crippen LogP contribution >= 0.6 is 0 Å². The summed E-state index contributed by atoms with van der Waals surface area (Å²) in [6.45, 7) is 3.36. The Bertz CT molecular complexity index is 1170. The monoisotopic (exact) mass is 561 g/mol. The van der Waals surface area contributed by atoms with E-state index in [9.17, 15) is 23.1 Å². The number of nitro groups is 1. The summed E-state index contributed by atoms with van der Waals surface area (Å²) in [5, 5.41) is 11.0. The van der Waals surface area contributed by atoms with E-state index in [1.807, 2.05) is 30.3 Å². The van der Waals surface area contributed by atoms with Crippen molar-refractivity contribution < 1.29 is 96.3 Å². The molecule has 10 heteroatoms. The molecule has 31 heavy (non-hydrogen) atoms. The first-order valence-corrected chi connectivity index (χ1v) is 10.3. The zero-order valence-corrected chi connectivity index (χ0v) is 24.3. The minimum absolute atomic E-state index is 0. The first-order valence-electron chi connectivity index (χ1n) is 8.85. The molecule has 3 aromatic rings. The summed E-state index contributed by atoms with van der Waals surface area (Å²) in [5.74, 6) is 0.350. The molecule has 3 aromatic carbocycles. The molecule has 0 amide bonds. The van der Waals surface area contributed by atoms with Gasteiger partial charge in [0.05, 0.1) is 4.92 Å². The van der Waals surface area contributed by atoms with Gasteiger partial charge in [0.15, 0.2) is 0 Å². The Morgan fingerprint density at radius 2 is 1.58 bits per heavy atom. The molecule has 0 aliphatic carbocycles. The Hall–Kier alpha value is -1.38. The van der Waals surface area contributed by atoms with Crippen LogP contribution in [0.15, 0.2) is 65.6 Å². The first-order chi connectivity index (χ1) is 14.1. The predicted octanol–water partition coefficient (Wildman–Crippen LogP) is 1.49. The third kappa shape index (κ3) is 6.80. The van der Waals surface area contributed by atoms with Crippen molar-refractivity contribution in [2.24, 2.45) is 0 Å². The van der Waals surface area contributed by atoms with Crippen molar-refractivity contribution >= 4 is 15.8 Å². The van der Waals surface area contributed by atoms with Crippen molar-refractivity contribution in [3.8, 4) is 17.2 Å². The van der Waals surface area contributed by atoms with Gasteiger partial charge in [0.2, 0.25) is 0 Å². The summed E-state index contributed by atoms with van der Waals surface area (Å²) in [6.07, 6.45) is 0. The number of hydrogen-bond acceptors (Lipinski definition) is 7. The van der Waals surface area contributed by atoms with Gasteiger partial charge in [-0.25, -0.2) is 8.42 Å². The minimum atomic E-state index is -4.84. The van der Waals surface area contributed by atoms with Crippen LogP contribution in [0, 0.1) is 24.0 Å². The second kappa shape index (κ2) is 11.0. The Kier molecular flexibility index (Phi) is 9.16. The van der Waals surface area contributed by atoms with E-state index >= 15 is 0 Å². The van der Waals surface area contributed by atoms with Crippen LogP contribution in [-0.2, 0) is 16.7 Å². The molecule has 8 nitrogen and oxygen atoms in total. The fourth-order valence-electron chi connectivity index (χ4n) is 2.91. The molecule has 0 spiro atoms. The topological polar surface area (TPSA) is 119 Å². The van der Waals surface area contributed by atoms with Crippen LogP contribution in [-0.4, -0.2) is 17.9 Å². The molecule has 0 saturated carbocycles. The normalized spacial score (nSPS) is 10.8. The van der Waals surface area contributed by atoms with E-state index in [1.165, 1.54) is 24.3 Å². The second-order valence-electron chi connectivity index (χ2n) is 6.60. The molecular formula is C21H18CsNO7S. The molecule has 0 saturated heterocycles. The number of rotatable bonds is 7. The van der Waals surface area contributed by atoms with Crippen LogP contribution in [0.3, 0.4) is 0 Å². The molecule has 0 radical (unpaired) electrons. The summed E-state index contributed by atoms with van der Waals surface area (Å²) in [6, 6.07) is 15.7. The number of ether oxygens (including phenoxy) is 2. The standard InChI is InChI=1S/C21H19NO7S.Cs/c1-14-10-17(22(23)24)11-15(2)21(14)29-18-8-9-19(20(12-18)30(25,26)27)28-13-16-6-4-3-5-7-16;/h3-12H,13H2,1-2H3,(H,25,26,27);/q;+1/p-1.